The van der Waals surface area contributed by atoms with Gasteiger partial charge >= 0.3 is 0 Å². The number of carbonyl (C=O) groups is 2. The van der Waals surface area contributed by atoms with Crippen LogP contribution in [-0.4, -0.2) is 23.3 Å². The van der Waals surface area contributed by atoms with Crippen molar-refractivity contribution >= 4 is 11.8 Å². The lowest BCUT2D eigenvalue weighted by molar-refractivity contribution is -0.141. The minimum atomic E-state index is -0.632. The first-order valence-corrected chi connectivity index (χ1v) is 10.2. The normalized spacial score (nSPS) is 11.9. The summed E-state index contributed by atoms with van der Waals surface area (Å²) in [5.41, 5.74) is 1.85. The second kappa shape index (κ2) is 11.3. The second-order valence-corrected chi connectivity index (χ2v) is 7.54. The minimum absolute atomic E-state index is 0.000726. The smallest absolute Gasteiger partial charge is 0.247 e. The molecule has 2 rings (SSSR count). The Hall–Kier alpha value is -2.62. The van der Waals surface area contributed by atoms with Crippen LogP contribution in [0, 0.1) is 5.92 Å². The van der Waals surface area contributed by atoms with E-state index in [0.717, 1.165) is 24.0 Å². The molecular formula is C24H32N2O2. The van der Waals surface area contributed by atoms with Gasteiger partial charge in [0, 0.05) is 19.5 Å². The van der Waals surface area contributed by atoms with E-state index >= 15 is 0 Å². The van der Waals surface area contributed by atoms with Gasteiger partial charge < -0.3 is 10.2 Å². The van der Waals surface area contributed by atoms with Crippen molar-refractivity contribution < 1.29 is 9.59 Å². The number of amides is 2. The van der Waals surface area contributed by atoms with Gasteiger partial charge in [-0.05, 0) is 29.9 Å². The molecule has 0 saturated carbocycles. The summed E-state index contributed by atoms with van der Waals surface area (Å²) in [7, 11) is 0. The van der Waals surface area contributed by atoms with E-state index in [1.165, 1.54) is 0 Å². The Morgan fingerprint density at radius 1 is 0.964 bits per heavy atom. The molecule has 2 aromatic rings. The third kappa shape index (κ3) is 6.52. The van der Waals surface area contributed by atoms with Crippen molar-refractivity contribution in [3.8, 4) is 0 Å². The highest BCUT2D eigenvalue weighted by atomic mass is 16.2. The lowest BCUT2D eigenvalue weighted by Crippen LogP contribution is -2.43. The zero-order valence-corrected chi connectivity index (χ0v) is 17.2. The van der Waals surface area contributed by atoms with Crippen LogP contribution < -0.4 is 5.32 Å². The summed E-state index contributed by atoms with van der Waals surface area (Å²) in [6, 6.07) is 18.8. The van der Waals surface area contributed by atoms with E-state index in [4.69, 9.17) is 0 Å². The van der Waals surface area contributed by atoms with Gasteiger partial charge in [-0.2, -0.15) is 0 Å². The molecule has 0 radical (unpaired) electrons. The molecule has 4 nitrogen and oxygen atoms in total. The van der Waals surface area contributed by atoms with Gasteiger partial charge in [-0.3, -0.25) is 9.59 Å². The van der Waals surface area contributed by atoms with Gasteiger partial charge in [-0.1, -0.05) is 81.4 Å². The molecule has 1 unspecified atom stereocenters. The molecule has 2 amide bonds. The Morgan fingerprint density at radius 2 is 1.57 bits per heavy atom. The highest BCUT2D eigenvalue weighted by Gasteiger charge is 2.30. The summed E-state index contributed by atoms with van der Waals surface area (Å²) in [5.74, 6) is 0.393. The molecule has 2 aromatic carbocycles. The quantitative estimate of drug-likeness (QED) is 0.648. The topological polar surface area (TPSA) is 49.4 Å². The summed E-state index contributed by atoms with van der Waals surface area (Å²) < 4.78 is 0. The van der Waals surface area contributed by atoms with Gasteiger partial charge in [0.2, 0.25) is 11.8 Å². The van der Waals surface area contributed by atoms with Gasteiger partial charge in [0.25, 0.3) is 0 Å². The summed E-state index contributed by atoms with van der Waals surface area (Å²) >= 11 is 0. The van der Waals surface area contributed by atoms with Crippen LogP contribution in [0.5, 0.6) is 0 Å². The molecule has 0 aliphatic heterocycles. The fourth-order valence-electron chi connectivity index (χ4n) is 3.15. The first kappa shape index (κ1) is 21.7. The summed E-state index contributed by atoms with van der Waals surface area (Å²) in [5, 5.41) is 3.04. The molecule has 4 heteroatoms. The standard InChI is InChI=1S/C24H32N2O2/c1-4-11-22(27)26(18-20-12-7-5-8-13-20)23(21-14-9-6-10-15-21)24(28)25-17-16-19(2)3/h5-10,12-15,19,23H,4,11,16-18H2,1-3H3,(H,25,28). The van der Waals surface area contributed by atoms with E-state index in [9.17, 15) is 9.59 Å². The Balaban J connectivity index is 2.33. The average Bonchev–Trinajstić information content (AvgIpc) is 2.69. The Kier molecular flexibility index (Phi) is 8.73. The fourth-order valence-corrected chi connectivity index (χ4v) is 3.15. The number of hydrogen-bond donors (Lipinski definition) is 1. The Morgan fingerprint density at radius 3 is 2.14 bits per heavy atom. The number of hydrogen-bond acceptors (Lipinski definition) is 2. The zero-order chi connectivity index (χ0) is 20.4. The van der Waals surface area contributed by atoms with E-state index in [0.29, 0.717) is 25.4 Å². The molecular weight excluding hydrogens is 348 g/mol. The van der Waals surface area contributed by atoms with Crippen molar-refractivity contribution in [2.24, 2.45) is 5.92 Å². The number of carbonyl (C=O) groups excluding carboxylic acids is 2. The van der Waals surface area contributed by atoms with E-state index in [2.05, 4.69) is 19.2 Å². The lowest BCUT2D eigenvalue weighted by atomic mass is 10.0. The maximum Gasteiger partial charge on any atom is 0.247 e. The first-order chi connectivity index (χ1) is 13.5. The van der Waals surface area contributed by atoms with Crippen LogP contribution >= 0.6 is 0 Å². The van der Waals surface area contributed by atoms with Crippen molar-refractivity contribution in [1.82, 2.24) is 10.2 Å². The van der Waals surface area contributed by atoms with E-state index in [1.807, 2.05) is 67.6 Å². The van der Waals surface area contributed by atoms with Crippen LogP contribution in [0.2, 0.25) is 0 Å². The van der Waals surface area contributed by atoms with Crippen LogP contribution in [0.25, 0.3) is 0 Å². The molecule has 0 aromatic heterocycles. The lowest BCUT2D eigenvalue weighted by Gasteiger charge is -2.31. The van der Waals surface area contributed by atoms with E-state index in [-0.39, 0.29) is 11.8 Å². The van der Waals surface area contributed by atoms with Crippen molar-refractivity contribution in [2.45, 2.75) is 52.6 Å². The van der Waals surface area contributed by atoms with Gasteiger partial charge in [0.05, 0.1) is 0 Å². The molecule has 150 valence electrons. The molecule has 0 heterocycles. The maximum absolute atomic E-state index is 13.2. The number of nitrogens with one attached hydrogen (secondary N) is 1. The monoisotopic (exact) mass is 380 g/mol. The first-order valence-electron chi connectivity index (χ1n) is 10.2. The van der Waals surface area contributed by atoms with Crippen LogP contribution in [0.15, 0.2) is 60.7 Å². The highest BCUT2D eigenvalue weighted by Crippen LogP contribution is 2.25. The van der Waals surface area contributed by atoms with Gasteiger partial charge in [0.1, 0.15) is 6.04 Å². The second-order valence-electron chi connectivity index (χ2n) is 7.54. The highest BCUT2D eigenvalue weighted by molar-refractivity contribution is 5.88. The number of rotatable bonds is 10. The fraction of sp³-hybridized carbons (Fsp3) is 0.417. The average molecular weight is 381 g/mol. The van der Waals surface area contributed by atoms with Gasteiger partial charge in [-0.25, -0.2) is 0 Å². The minimum Gasteiger partial charge on any atom is -0.354 e. The van der Waals surface area contributed by atoms with Crippen molar-refractivity contribution in [1.29, 1.82) is 0 Å². The van der Waals surface area contributed by atoms with Crippen LogP contribution in [-0.2, 0) is 16.1 Å². The predicted molar refractivity (Wildman–Crippen MR) is 114 cm³/mol. The zero-order valence-electron chi connectivity index (χ0n) is 17.2. The Bertz CT molecular complexity index is 729. The molecule has 1 N–H and O–H groups in total. The molecule has 0 bridgehead atoms. The SMILES string of the molecule is CCCC(=O)N(Cc1ccccc1)C(C(=O)NCCC(C)C)c1ccccc1. The van der Waals surface area contributed by atoms with Gasteiger partial charge in [-0.15, -0.1) is 0 Å². The van der Waals surface area contributed by atoms with Crippen LogP contribution in [0.4, 0.5) is 0 Å². The van der Waals surface area contributed by atoms with E-state index < -0.39 is 6.04 Å². The van der Waals surface area contributed by atoms with Gasteiger partial charge in [0.15, 0.2) is 0 Å². The molecule has 0 saturated heterocycles. The maximum atomic E-state index is 13.2. The molecule has 1 atom stereocenters. The molecule has 0 fully saturated rings. The van der Waals surface area contributed by atoms with Crippen LogP contribution in [0.3, 0.4) is 0 Å². The molecule has 0 aliphatic rings. The third-order valence-corrected chi connectivity index (χ3v) is 4.68. The third-order valence-electron chi connectivity index (χ3n) is 4.68. The summed E-state index contributed by atoms with van der Waals surface area (Å²) in [6.07, 6.45) is 2.09. The van der Waals surface area contributed by atoms with Crippen molar-refractivity contribution in [2.75, 3.05) is 6.54 Å². The molecule has 28 heavy (non-hydrogen) atoms. The Labute approximate surface area is 169 Å². The molecule has 0 spiro atoms. The van der Waals surface area contributed by atoms with E-state index in [1.54, 1.807) is 4.90 Å². The molecule has 0 aliphatic carbocycles. The summed E-state index contributed by atoms with van der Waals surface area (Å²) in [6.45, 7) is 7.28. The predicted octanol–water partition coefficient (Wildman–Crippen LogP) is 4.72. The largest absolute Gasteiger partial charge is 0.354 e. The number of benzene rings is 2. The summed E-state index contributed by atoms with van der Waals surface area (Å²) in [4.78, 5) is 27.9. The van der Waals surface area contributed by atoms with Crippen molar-refractivity contribution in [3.05, 3.63) is 71.8 Å². The van der Waals surface area contributed by atoms with Crippen LogP contribution in [0.1, 0.15) is 57.2 Å². The van der Waals surface area contributed by atoms with Crippen molar-refractivity contribution in [3.63, 3.8) is 0 Å². The number of nitrogens with zero attached hydrogens (tertiary/aromatic N) is 1.